The van der Waals surface area contributed by atoms with E-state index < -0.39 is 22.0 Å². The van der Waals surface area contributed by atoms with Gasteiger partial charge in [-0.2, -0.15) is 0 Å². The molecular formula is C28H39N3O4S. The number of anilines is 1. The first-order chi connectivity index (χ1) is 17.1. The minimum absolute atomic E-state index is 0.121. The Morgan fingerprint density at radius 2 is 1.58 bits per heavy atom. The van der Waals surface area contributed by atoms with Gasteiger partial charge in [-0.25, -0.2) is 8.42 Å². The highest BCUT2D eigenvalue weighted by molar-refractivity contribution is 7.92. The van der Waals surface area contributed by atoms with Crippen LogP contribution in [0.15, 0.2) is 48.5 Å². The minimum Gasteiger partial charge on any atom is -0.352 e. The summed E-state index contributed by atoms with van der Waals surface area (Å²) in [6.07, 6.45) is 6.79. The van der Waals surface area contributed by atoms with E-state index >= 15 is 0 Å². The van der Waals surface area contributed by atoms with Crippen molar-refractivity contribution >= 4 is 27.5 Å². The van der Waals surface area contributed by atoms with Crippen LogP contribution < -0.4 is 9.62 Å². The molecule has 1 saturated carbocycles. The van der Waals surface area contributed by atoms with Crippen LogP contribution in [0.4, 0.5) is 5.69 Å². The molecule has 0 heterocycles. The zero-order valence-electron chi connectivity index (χ0n) is 21.9. The average Bonchev–Trinajstić information content (AvgIpc) is 2.84. The Bertz CT molecular complexity index is 1160. The molecule has 1 aliphatic carbocycles. The highest BCUT2D eigenvalue weighted by Crippen LogP contribution is 2.24. The van der Waals surface area contributed by atoms with Crippen LogP contribution in [-0.4, -0.2) is 50.0 Å². The molecule has 2 aromatic carbocycles. The summed E-state index contributed by atoms with van der Waals surface area (Å²) in [5.41, 5.74) is 3.15. The summed E-state index contributed by atoms with van der Waals surface area (Å²) in [6, 6.07) is 14.3. The molecule has 1 aliphatic rings. The summed E-state index contributed by atoms with van der Waals surface area (Å²) in [5, 5.41) is 3.17. The fourth-order valence-electron chi connectivity index (χ4n) is 4.87. The van der Waals surface area contributed by atoms with Gasteiger partial charge in [-0.3, -0.25) is 13.9 Å². The van der Waals surface area contributed by atoms with Gasteiger partial charge in [0.25, 0.3) is 0 Å². The maximum Gasteiger partial charge on any atom is 0.244 e. The highest BCUT2D eigenvalue weighted by atomic mass is 32.2. The van der Waals surface area contributed by atoms with Gasteiger partial charge >= 0.3 is 0 Å². The van der Waals surface area contributed by atoms with Gasteiger partial charge in [0.1, 0.15) is 12.6 Å². The fourth-order valence-corrected chi connectivity index (χ4v) is 5.78. The molecule has 0 bridgehead atoms. The first kappa shape index (κ1) is 27.7. The smallest absolute Gasteiger partial charge is 0.244 e. The lowest BCUT2D eigenvalue weighted by Gasteiger charge is -2.34. The van der Waals surface area contributed by atoms with Crippen LogP contribution in [0.25, 0.3) is 0 Å². The fraction of sp³-hybridized carbons (Fsp3) is 0.500. The van der Waals surface area contributed by atoms with Gasteiger partial charge < -0.3 is 10.2 Å². The lowest BCUT2D eigenvalue weighted by atomic mass is 9.95. The molecule has 8 heteroatoms. The van der Waals surface area contributed by atoms with Crippen molar-refractivity contribution < 1.29 is 18.0 Å². The highest BCUT2D eigenvalue weighted by Gasteiger charge is 2.33. The van der Waals surface area contributed by atoms with E-state index in [9.17, 15) is 18.0 Å². The van der Waals surface area contributed by atoms with Crippen molar-refractivity contribution in [3.05, 3.63) is 65.2 Å². The number of carbonyl (C=O) groups excluding carboxylic acids is 2. The Labute approximate surface area is 215 Å². The maximum absolute atomic E-state index is 13.8. The molecule has 0 saturated heterocycles. The molecule has 36 heavy (non-hydrogen) atoms. The predicted molar refractivity (Wildman–Crippen MR) is 144 cm³/mol. The van der Waals surface area contributed by atoms with Crippen molar-refractivity contribution in [2.75, 3.05) is 17.1 Å². The molecule has 2 amide bonds. The molecule has 7 nitrogen and oxygen atoms in total. The Balaban J connectivity index is 1.93. The van der Waals surface area contributed by atoms with Crippen molar-refractivity contribution in [1.82, 2.24) is 10.2 Å². The van der Waals surface area contributed by atoms with Crippen LogP contribution in [0, 0.1) is 13.8 Å². The van der Waals surface area contributed by atoms with Crippen LogP contribution in [0.3, 0.4) is 0 Å². The summed E-state index contributed by atoms with van der Waals surface area (Å²) in [6.45, 7) is 5.53. The maximum atomic E-state index is 13.8. The predicted octanol–water partition coefficient (Wildman–Crippen LogP) is 4.33. The number of hydrogen-bond acceptors (Lipinski definition) is 4. The molecule has 0 unspecified atom stereocenters. The van der Waals surface area contributed by atoms with Crippen LogP contribution in [0.2, 0.25) is 0 Å². The zero-order valence-corrected chi connectivity index (χ0v) is 22.7. The van der Waals surface area contributed by atoms with E-state index in [2.05, 4.69) is 5.32 Å². The van der Waals surface area contributed by atoms with Gasteiger partial charge in [0, 0.05) is 12.6 Å². The molecule has 1 N–H and O–H groups in total. The number of carbonyl (C=O) groups is 2. The van der Waals surface area contributed by atoms with E-state index in [0.29, 0.717) is 12.1 Å². The number of para-hydroxylation sites is 1. The SMILES string of the molecule is CC[C@@H](C(=O)NC1CCCCC1)N(Cc1ccccc1C)C(=O)CN(c1ccccc1C)S(C)(=O)=O. The van der Waals surface area contributed by atoms with Gasteiger partial charge in [-0.15, -0.1) is 0 Å². The van der Waals surface area contributed by atoms with E-state index in [1.54, 1.807) is 17.0 Å². The first-order valence-electron chi connectivity index (χ1n) is 12.8. The average molecular weight is 514 g/mol. The van der Waals surface area contributed by atoms with E-state index in [1.165, 1.54) is 6.42 Å². The molecule has 2 aromatic rings. The Hall–Kier alpha value is -2.87. The zero-order chi connectivity index (χ0) is 26.3. The van der Waals surface area contributed by atoms with E-state index in [4.69, 9.17) is 0 Å². The third-order valence-corrected chi connectivity index (χ3v) is 8.13. The van der Waals surface area contributed by atoms with Crippen molar-refractivity contribution in [1.29, 1.82) is 0 Å². The third-order valence-electron chi connectivity index (χ3n) is 7.00. The minimum atomic E-state index is -3.74. The summed E-state index contributed by atoms with van der Waals surface area (Å²) in [4.78, 5) is 28.8. The number of nitrogens with one attached hydrogen (secondary N) is 1. The molecule has 0 aromatic heterocycles. The quantitative estimate of drug-likeness (QED) is 0.512. The second kappa shape index (κ2) is 12.4. The number of benzene rings is 2. The molecule has 0 radical (unpaired) electrons. The molecule has 1 fully saturated rings. The van der Waals surface area contributed by atoms with Crippen LogP contribution >= 0.6 is 0 Å². The largest absolute Gasteiger partial charge is 0.352 e. The van der Waals surface area contributed by atoms with Crippen molar-refractivity contribution in [3.8, 4) is 0 Å². The first-order valence-corrected chi connectivity index (χ1v) is 14.6. The molecule has 0 aliphatic heterocycles. The second-order valence-corrected chi connectivity index (χ2v) is 11.7. The van der Waals surface area contributed by atoms with E-state index in [-0.39, 0.29) is 25.0 Å². The number of rotatable bonds is 10. The number of hydrogen-bond donors (Lipinski definition) is 1. The van der Waals surface area contributed by atoms with E-state index in [1.807, 2.05) is 57.2 Å². The lowest BCUT2D eigenvalue weighted by molar-refractivity contribution is -0.140. The van der Waals surface area contributed by atoms with Crippen LogP contribution in [0.1, 0.15) is 62.1 Å². The van der Waals surface area contributed by atoms with Gasteiger partial charge in [0.15, 0.2) is 0 Å². The molecule has 1 atom stereocenters. The number of amides is 2. The number of sulfonamides is 1. The summed E-state index contributed by atoms with van der Waals surface area (Å²) < 4.78 is 26.7. The molecular weight excluding hydrogens is 474 g/mol. The Kier molecular flexibility index (Phi) is 9.54. The summed E-state index contributed by atoms with van der Waals surface area (Å²) in [5.74, 6) is -0.578. The monoisotopic (exact) mass is 513 g/mol. The van der Waals surface area contributed by atoms with Crippen molar-refractivity contribution in [2.45, 2.75) is 77.9 Å². The Morgan fingerprint density at radius 3 is 2.17 bits per heavy atom. The summed E-state index contributed by atoms with van der Waals surface area (Å²) in [7, 11) is -3.74. The van der Waals surface area contributed by atoms with E-state index in [0.717, 1.165) is 52.9 Å². The summed E-state index contributed by atoms with van der Waals surface area (Å²) >= 11 is 0. The van der Waals surface area contributed by atoms with Gasteiger partial charge in [-0.1, -0.05) is 68.7 Å². The number of nitrogens with zero attached hydrogens (tertiary/aromatic N) is 2. The third kappa shape index (κ3) is 7.09. The van der Waals surface area contributed by atoms with Gasteiger partial charge in [-0.05, 0) is 55.9 Å². The normalized spacial score (nSPS) is 15.2. The number of aryl methyl sites for hydroxylation is 2. The lowest BCUT2D eigenvalue weighted by Crippen LogP contribution is -2.54. The van der Waals surface area contributed by atoms with Crippen molar-refractivity contribution in [3.63, 3.8) is 0 Å². The van der Waals surface area contributed by atoms with Crippen LogP contribution in [0.5, 0.6) is 0 Å². The Morgan fingerprint density at radius 1 is 0.972 bits per heavy atom. The standard InChI is InChI=1S/C28H39N3O4S/c1-5-25(28(33)29-24-16-7-6-8-17-24)30(19-23-15-11-9-13-21(23)2)27(32)20-31(36(4,34)35)26-18-12-10-14-22(26)3/h9-15,18,24-25H,5-8,16-17,19-20H2,1-4H3,(H,29,33)/t25-/m0/s1. The molecule has 3 rings (SSSR count). The molecule has 196 valence electrons. The van der Waals surface area contributed by atoms with Crippen molar-refractivity contribution in [2.24, 2.45) is 0 Å². The van der Waals surface area contributed by atoms with Gasteiger partial charge in [0.2, 0.25) is 21.8 Å². The van der Waals surface area contributed by atoms with Gasteiger partial charge in [0.05, 0.1) is 11.9 Å². The van der Waals surface area contributed by atoms with Crippen LogP contribution in [-0.2, 0) is 26.2 Å². The molecule has 0 spiro atoms. The topological polar surface area (TPSA) is 86.8 Å². The second-order valence-electron chi connectivity index (χ2n) is 9.77.